The number of nitrogens with zero attached hydrogens (tertiary/aromatic N) is 4. The van der Waals surface area contributed by atoms with Crippen molar-refractivity contribution in [1.29, 1.82) is 0 Å². The summed E-state index contributed by atoms with van der Waals surface area (Å²) in [7, 11) is 0. The lowest BCUT2D eigenvalue weighted by molar-refractivity contribution is -0.133. The second-order valence-electron chi connectivity index (χ2n) is 6.55. The van der Waals surface area contributed by atoms with Gasteiger partial charge in [-0.1, -0.05) is 18.2 Å². The van der Waals surface area contributed by atoms with Gasteiger partial charge in [0.2, 0.25) is 0 Å². The zero-order valence-electron chi connectivity index (χ0n) is 15.2. The predicted octanol–water partition coefficient (Wildman–Crippen LogP) is 2.21. The molecule has 1 aliphatic rings. The molecule has 1 aliphatic heterocycles. The third-order valence-electron chi connectivity index (χ3n) is 4.64. The summed E-state index contributed by atoms with van der Waals surface area (Å²) in [5.74, 6) is -1.10. The minimum absolute atomic E-state index is 0.401. The number of amides is 2. The molecule has 2 amide bonds. The van der Waals surface area contributed by atoms with Crippen LogP contribution in [-0.4, -0.2) is 31.4 Å². The van der Waals surface area contributed by atoms with Crippen molar-refractivity contribution in [3.05, 3.63) is 53.5 Å². The number of nitrogens with one attached hydrogen (secondary N) is 2. The molecule has 2 aromatic heterocycles. The molecule has 27 heavy (non-hydrogen) atoms. The number of aromatic nitrogens is 4. The number of fused-ring (bicyclic) bond motifs is 1. The first-order valence-corrected chi connectivity index (χ1v) is 8.83. The Morgan fingerprint density at radius 1 is 1.04 bits per heavy atom. The van der Waals surface area contributed by atoms with Gasteiger partial charge in [0, 0.05) is 18.3 Å². The summed E-state index contributed by atoms with van der Waals surface area (Å²) in [4.78, 5) is 24.6. The van der Waals surface area contributed by atoms with E-state index in [0.717, 1.165) is 36.5 Å². The number of rotatable bonds is 3. The van der Waals surface area contributed by atoms with E-state index in [1.54, 1.807) is 11.6 Å². The molecule has 8 heteroatoms. The van der Waals surface area contributed by atoms with Gasteiger partial charge in [0.25, 0.3) is 0 Å². The van der Waals surface area contributed by atoms with Gasteiger partial charge in [0.1, 0.15) is 0 Å². The summed E-state index contributed by atoms with van der Waals surface area (Å²) in [6.45, 7) is 4.48. The van der Waals surface area contributed by atoms with Crippen LogP contribution in [0.25, 0.3) is 5.69 Å². The van der Waals surface area contributed by atoms with Gasteiger partial charge in [0.15, 0.2) is 5.82 Å². The molecule has 0 saturated heterocycles. The van der Waals surface area contributed by atoms with Crippen LogP contribution >= 0.6 is 0 Å². The SMILES string of the molecule is Cc1nn(-c2ccccc2)c(C)c1NC(=O)C(=O)Nc1cc2n(n1)CCC2. The number of carbonyl (C=O) groups is 2. The van der Waals surface area contributed by atoms with Crippen LogP contribution in [0.2, 0.25) is 0 Å². The van der Waals surface area contributed by atoms with E-state index < -0.39 is 11.8 Å². The molecular weight excluding hydrogens is 344 g/mol. The summed E-state index contributed by atoms with van der Waals surface area (Å²) in [5, 5.41) is 14.0. The van der Waals surface area contributed by atoms with Crippen molar-refractivity contribution in [3.8, 4) is 5.69 Å². The number of aryl methyl sites for hydroxylation is 3. The van der Waals surface area contributed by atoms with E-state index in [9.17, 15) is 9.59 Å². The first-order valence-electron chi connectivity index (χ1n) is 8.83. The van der Waals surface area contributed by atoms with Gasteiger partial charge in [-0.2, -0.15) is 10.2 Å². The maximum atomic E-state index is 12.3. The van der Waals surface area contributed by atoms with Gasteiger partial charge < -0.3 is 10.6 Å². The van der Waals surface area contributed by atoms with Gasteiger partial charge in [-0.3, -0.25) is 14.3 Å². The molecule has 0 unspecified atom stereocenters. The molecule has 138 valence electrons. The Bertz CT molecular complexity index is 997. The zero-order chi connectivity index (χ0) is 19.0. The Balaban J connectivity index is 1.49. The summed E-state index contributed by atoms with van der Waals surface area (Å²) >= 11 is 0. The van der Waals surface area contributed by atoms with Crippen LogP contribution in [0.5, 0.6) is 0 Å². The Hall–Kier alpha value is -3.42. The average molecular weight is 364 g/mol. The highest BCUT2D eigenvalue weighted by Crippen LogP contribution is 2.23. The van der Waals surface area contributed by atoms with Crippen molar-refractivity contribution < 1.29 is 9.59 Å². The molecule has 0 spiro atoms. The van der Waals surface area contributed by atoms with E-state index in [1.165, 1.54) is 0 Å². The predicted molar refractivity (Wildman–Crippen MR) is 101 cm³/mol. The fourth-order valence-electron chi connectivity index (χ4n) is 3.31. The highest BCUT2D eigenvalue weighted by molar-refractivity contribution is 6.43. The maximum Gasteiger partial charge on any atom is 0.315 e. The zero-order valence-corrected chi connectivity index (χ0v) is 15.2. The lowest BCUT2D eigenvalue weighted by atomic mass is 10.3. The maximum absolute atomic E-state index is 12.3. The molecule has 0 atom stereocenters. The molecule has 0 saturated carbocycles. The van der Waals surface area contributed by atoms with E-state index in [0.29, 0.717) is 17.2 Å². The topological polar surface area (TPSA) is 93.8 Å². The van der Waals surface area contributed by atoms with Gasteiger partial charge >= 0.3 is 11.8 Å². The highest BCUT2D eigenvalue weighted by atomic mass is 16.2. The van der Waals surface area contributed by atoms with E-state index in [1.807, 2.05) is 48.0 Å². The smallest absolute Gasteiger partial charge is 0.315 e. The summed E-state index contributed by atoms with van der Waals surface area (Å²) in [6.07, 6.45) is 1.99. The van der Waals surface area contributed by atoms with Crippen LogP contribution in [0.3, 0.4) is 0 Å². The number of carbonyl (C=O) groups excluding carboxylic acids is 2. The number of hydrogen-bond acceptors (Lipinski definition) is 4. The largest absolute Gasteiger partial charge is 0.315 e. The van der Waals surface area contributed by atoms with Crippen LogP contribution in [0, 0.1) is 13.8 Å². The normalized spacial score (nSPS) is 12.7. The standard InChI is InChI=1S/C19H20N6O2/c1-12-17(13(2)25(22-12)14-7-4-3-5-8-14)21-19(27)18(26)20-16-11-15-9-6-10-24(15)23-16/h3-5,7-8,11H,6,9-10H2,1-2H3,(H,21,27)(H,20,23,26). The number of hydrogen-bond donors (Lipinski definition) is 2. The first-order chi connectivity index (χ1) is 13.0. The molecular formula is C19H20N6O2. The molecule has 0 bridgehead atoms. The first kappa shape index (κ1) is 17.0. The molecule has 1 aromatic carbocycles. The third kappa shape index (κ3) is 3.21. The van der Waals surface area contributed by atoms with Gasteiger partial charge in [-0.15, -0.1) is 0 Å². The summed E-state index contributed by atoms with van der Waals surface area (Å²) < 4.78 is 3.59. The molecule has 2 N–H and O–H groups in total. The Labute approximate surface area is 156 Å². The molecule has 0 radical (unpaired) electrons. The van der Waals surface area contributed by atoms with Gasteiger partial charge in [-0.25, -0.2) is 4.68 Å². The second-order valence-corrected chi connectivity index (χ2v) is 6.55. The number of para-hydroxylation sites is 1. The Morgan fingerprint density at radius 2 is 1.78 bits per heavy atom. The van der Waals surface area contributed by atoms with E-state index in [4.69, 9.17) is 0 Å². The summed E-state index contributed by atoms with van der Waals surface area (Å²) in [6, 6.07) is 11.4. The minimum atomic E-state index is -0.752. The van der Waals surface area contributed by atoms with Crippen molar-refractivity contribution in [2.45, 2.75) is 33.2 Å². The van der Waals surface area contributed by atoms with Crippen molar-refractivity contribution in [3.63, 3.8) is 0 Å². The van der Waals surface area contributed by atoms with Gasteiger partial charge in [0.05, 0.1) is 22.8 Å². The number of anilines is 2. The van der Waals surface area contributed by atoms with Crippen molar-refractivity contribution >= 4 is 23.3 Å². The molecule has 3 heterocycles. The fourth-order valence-corrected chi connectivity index (χ4v) is 3.31. The van der Waals surface area contributed by atoms with E-state index in [-0.39, 0.29) is 0 Å². The van der Waals surface area contributed by atoms with Crippen LogP contribution < -0.4 is 10.6 Å². The molecule has 3 aromatic rings. The van der Waals surface area contributed by atoms with Crippen molar-refractivity contribution in [2.24, 2.45) is 0 Å². The third-order valence-corrected chi connectivity index (χ3v) is 4.64. The van der Waals surface area contributed by atoms with Crippen LogP contribution in [-0.2, 0) is 22.6 Å². The lowest BCUT2D eigenvalue weighted by Gasteiger charge is -2.07. The minimum Gasteiger partial charge on any atom is -0.315 e. The monoisotopic (exact) mass is 364 g/mol. The number of benzene rings is 1. The highest BCUT2D eigenvalue weighted by Gasteiger charge is 2.21. The molecule has 4 rings (SSSR count). The average Bonchev–Trinajstić information content (AvgIpc) is 3.32. The molecule has 0 aliphatic carbocycles. The van der Waals surface area contributed by atoms with Crippen LogP contribution in [0.1, 0.15) is 23.5 Å². The quantitative estimate of drug-likeness (QED) is 0.697. The molecule has 0 fully saturated rings. The molecule has 8 nitrogen and oxygen atoms in total. The van der Waals surface area contributed by atoms with E-state index in [2.05, 4.69) is 20.8 Å². The fraction of sp³-hybridized carbons (Fsp3) is 0.263. The second kappa shape index (κ2) is 6.71. The van der Waals surface area contributed by atoms with Gasteiger partial charge in [-0.05, 0) is 38.8 Å². The van der Waals surface area contributed by atoms with Crippen molar-refractivity contribution in [2.75, 3.05) is 10.6 Å². The van der Waals surface area contributed by atoms with Crippen LogP contribution in [0.4, 0.5) is 11.5 Å². The Kier molecular flexibility index (Phi) is 4.23. The van der Waals surface area contributed by atoms with E-state index >= 15 is 0 Å². The van der Waals surface area contributed by atoms with Crippen molar-refractivity contribution in [1.82, 2.24) is 19.6 Å². The summed E-state index contributed by atoms with van der Waals surface area (Å²) in [5.41, 5.74) is 3.88. The lowest BCUT2D eigenvalue weighted by Crippen LogP contribution is -2.29. The van der Waals surface area contributed by atoms with Crippen LogP contribution in [0.15, 0.2) is 36.4 Å². The Morgan fingerprint density at radius 3 is 2.52 bits per heavy atom.